The molecule has 1 aromatic rings. The fourth-order valence-corrected chi connectivity index (χ4v) is 2.01. The van der Waals surface area contributed by atoms with Crippen molar-refractivity contribution >= 4 is 5.97 Å². The van der Waals surface area contributed by atoms with Crippen LogP contribution in [0.2, 0.25) is 0 Å². The molecule has 1 heterocycles. The number of aromatic carboxylic acids is 1. The van der Waals surface area contributed by atoms with E-state index in [1.54, 1.807) is 0 Å². The Kier molecular flexibility index (Phi) is 2.81. The quantitative estimate of drug-likeness (QED) is 0.827. The normalized spacial score (nSPS) is 15.5. The molecule has 1 aromatic heterocycles. The first-order valence-corrected chi connectivity index (χ1v) is 5.23. The summed E-state index contributed by atoms with van der Waals surface area (Å²) in [4.78, 5) is 14.3. The number of carboxylic acid groups (broad SMARTS) is 1. The zero-order valence-corrected chi connectivity index (χ0v) is 8.84. The SMILES string of the molecule is O=C(O)c1cc2c(nc1C(F)(F)F)CCCC2. The Morgan fingerprint density at radius 1 is 1.29 bits per heavy atom. The molecule has 0 atom stereocenters. The van der Waals surface area contributed by atoms with Crippen molar-refractivity contribution in [1.29, 1.82) is 0 Å². The van der Waals surface area contributed by atoms with Gasteiger partial charge in [0, 0.05) is 5.69 Å². The second-order valence-electron chi connectivity index (χ2n) is 4.00. The molecule has 1 N–H and O–H groups in total. The summed E-state index contributed by atoms with van der Waals surface area (Å²) in [6, 6.07) is 1.12. The number of alkyl halides is 3. The zero-order chi connectivity index (χ0) is 12.6. The van der Waals surface area contributed by atoms with Crippen LogP contribution in [0.15, 0.2) is 6.07 Å². The molecular weight excluding hydrogens is 235 g/mol. The first-order valence-electron chi connectivity index (χ1n) is 5.23. The predicted molar refractivity (Wildman–Crippen MR) is 52.8 cm³/mol. The van der Waals surface area contributed by atoms with E-state index in [4.69, 9.17) is 5.11 Å². The molecule has 0 spiro atoms. The molecular formula is C11H10F3NO2. The number of pyridine rings is 1. The van der Waals surface area contributed by atoms with Crippen molar-refractivity contribution in [3.05, 3.63) is 28.6 Å². The van der Waals surface area contributed by atoms with Gasteiger partial charge in [0.15, 0.2) is 5.69 Å². The Hall–Kier alpha value is -1.59. The lowest BCUT2D eigenvalue weighted by Crippen LogP contribution is -2.19. The molecule has 1 aliphatic rings. The van der Waals surface area contributed by atoms with Gasteiger partial charge in [-0.2, -0.15) is 13.2 Å². The molecule has 0 saturated carbocycles. The van der Waals surface area contributed by atoms with E-state index in [9.17, 15) is 18.0 Å². The van der Waals surface area contributed by atoms with Crippen LogP contribution in [0, 0.1) is 0 Å². The van der Waals surface area contributed by atoms with Crippen molar-refractivity contribution in [2.45, 2.75) is 31.9 Å². The number of halogens is 3. The Morgan fingerprint density at radius 3 is 2.53 bits per heavy atom. The fourth-order valence-electron chi connectivity index (χ4n) is 2.01. The van der Waals surface area contributed by atoms with Gasteiger partial charge in [-0.3, -0.25) is 0 Å². The predicted octanol–water partition coefficient (Wildman–Crippen LogP) is 2.68. The number of aromatic nitrogens is 1. The molecule has 0 unspecified atom stereocenters. The van der Waals surface area contributed by atoms with E-state index in [1.807, 2.05) is 0 Å². The summed E-state index contributed by atoms with van der Waals surface area (Å²) in [6.45, 7) is 0. The monoisotopic (exact) mass is 245 g/mol. The Labute approximate surface area is 95.3 Å². The maximum Gasteiger partial charge on any atom is 0.434 e. The topological polar surface area (TPSA) is 50.2 Å². The molecule has 0 aromatic carbocycles. The third-order valence-electron chi connectivity index (χ3n) is 2.80. The Balaban J connectivity index is 2.60. The van der Waals surface area contributed by atoms with Gasteiger partial charge in [-0.05, 0) is 37.3 Å². The van der Waals surface area contributed by atoms with Gasteiger partial charge in [-0.15, -0.1) is 0 Å². The average molecular weight is 245 g/mol. The lowest BCUT2D eigenvalue weighted by molar-refractivity contribution is -0.141. The van der Waals surface area contributed by atoms with Crippen molar-refractivity contribution in [2.24, 2.45) is 0 Å². The number of carboxylic acids is 1. The molecule has 92 valence electrons. The second-order valence-corrected chi connectivity index (χ2v) is 4.00. The van der Waals surface area contributed by atoms with Crippen LogP contribution in [0.3, 0.4) is 0 Å². The van der Waals surface area contributed by atoms with Gasteiger partial charge in [0.05, 0.1) is 5.56 Å². The molecule has 0 aliphatic heterocycles. The summed E-state index contributed by atoms with van der Waals surface area (Å²) < 4.78 is 38.0. The summed E-state index contributed by atoms with van der Waals surface area (Å²) in [7, 11) is 0. The molecule has 0 bridgehead atoms. The molecule has 0 fully saturated rings. The van der Waals surface area contributed by atoms with Crippen LogP contribution in [-0.4, -0.2) is 16.1 Å². The van der Waals surface area contributed by atoms with Crippen molar-refractivity contribution in [1.82, 2.24) is 4.98 Å². The number of hydrogen-bond donors (Lipinski definition) is 1. The summed E-state index contributed by atoms with van der Waals surface area (Å²) >= 11 is 0. The lowest BCUT2D eigenvalue weighted by Gasteiger charge is -2.18. The second kappa shape index (κ2) is 4.01. The molecule has 0 amide bonds. The standard InChI is InChI=1S/C11H10F3NO2/c12-11(13,14)9-7(10(16)17)5-6-3-1-2-4-8(6)15-9/h5H,1-4H2,(H,16,17). The summed E-state index contributed by atoms with van der Waals surface area (Å²) in [5, 5.41) is 8.79. The van der Waals surface area contributed by atoms with Crippen LogP contribution < -0.4 is 0 Å². The summed E-state index contributed by atoms with van der Waals surface area (Å²) in [6.07, 6.45) is -1.98. The van der Waals surface area contributed by atoms with Gasteiger partial charge in [0.1, 0.15) is 0 Å². The first kappa shape index (κ1) is 11.9. The average Bonchev–Trinajstić information content (AvgIpc) is 2.26. The lowest BCUT2D eigenvalue weighted by atomic mass is 9.94. The highest BCUT2D eigenvalue weighted by atomic mass is 19.4. The number of fused-ring (bicyclic) bond motifs is 1. The number of nitrogens with zero attached hydrogens (tertiary/aromatic N) is 1. The van der Waals surface area contributed by atoms with Crippen LogP contribution in [0.1, 0.15) is 40.2 Å². The van der Waals surface area contributed by atoms with Gasteiger partial charge in [0.2, 0.25) is 0 Å². The number of hydrogen-bond acceptors (Lipinski definition) is 2. The third kappa shape index (κ3) is 2.25. The number of aryl methyl sites for hydroxylation is 2. The minimum atomic E-state index is -4.72. The fraction of sp³-hybridized carbons (Fsp3) is 0.455. The molecule has 6 heteroatoms. The van der Waals surface area contributed by atoms with Gasteiger partial charge < -0.3 is 5.11 Å². The van der Waals surface area contributed by atoms with E-state index < -0.39 is 23.4 Å². The van der Waals surface area contributed by atoms with Gasteiger partial charge in [-0.1, -0.05) is 0 Å². The highest BCUT2D eigenvalue weighted by Gasteiger charge is 2.38. The van der Waals surface area contributed by atoms with E-state index in [0.717, 1.165) is 18.9 Å². The van der Waals surface area contributed by atoms with Crippen molar-refractivity contribution in [3.63, 3.8) is 0 Å². The van der Waals surface area contributed by atoms with E-state index in [-0.39, 0.29) is 0 Å². The zero-order valence-electron chi connectivity index (χ0n) is 8.84. The maximum absolute atomic E-state index is 12.7. The van der Waals surface area contributed by atoms with Crippen LogP contribution in [0.4, 0.5) is 13.2 Å². The van der Waals surface area contributed by atoms with Crippen molar-refractivity contribution in [2.75, 3.05) is 0 Å². The van der Waals surface area contributed by atoms with E-state index >= 15 is 0 Å². The van der Waals surface area contributed by atoms with Gasteiger partial charge in [0.25, 0.3) is 0 Å². The van der Waals surface area contributed by atoms with Gasteiger partial charge in [-0.25, -0.2) is 9.78 Å². The third-order valence-corrected chi connectivity index (χ3v) is 2.80. The molecule has 3 nitrogen and oxygen atoms in total. The highest BCUT2D eigenvalue weighted by molar-refractivity contribution is 5.89. The van der Waals surface area contributed by atoms with E-state index in [2.05, 4.69) is 4.98 Å². The van der Waals surface area contributed by atoms with Crippen molar-refractivity contribution in [3.8, 4) is 0 Å². The highest BCUT2D eigenvalue weighted by Crippen LogP contribution is 2.33. The maximum atomic E-state index is 12.7. The molecule has 2 rings (SSSR count). The Morgan fingerprint density at radius 2 is 1.94 bits per heavy atom. The van der Waals surface area contributed by atoms with Gasteiger partial charge >= 0.3 is 12.1 Å². The molecule has 0 saturated heterocycles. The van der Waals surface area contributed by atoms with Crippen LogP contribution >= 0.6 is 0 Å². The van der Waals surface area contributed by atoms with Crippen LogP contribution in [0.5, 0.6) is 0 Å². The Bertz CT molecular complexity index is 469. The summed E-state index contributed by atoms with van der Waals surface area (Å²) in [5.41, 5.74) is -1.03. The van der Waals surface area contributed by atoms with E-state index in [0.29, 0.717) is 24.1 Å². The molecule has 0 radical (unpaired) electrons. The van der Waals surface area contributed by atoms with Crippen molar-refractivity contribution < 1.29 is 23.1 Å². The molecule has 17 heavy (non-hydrogen) atoms. The minimum Gasteiger partial charge on any atom is -0.478 e. The largest absolute Gasteiger partial charge is 0.478 e. The van der Waals surface area contributed by atoms with E-state index in [1.165, 1.54) is 0 Å². The smallest absolute Gasteiger partial charge is 0.434 e. The summed E-state index contributed by atoms with van der Waals surface area (Å²) in [5.74, 6) is -1.59. The number of rotatable bonds is 1. The minimum absolute atomic E-state index is 0.383. The first-order chi connectivity index (χ1) is 7.89. The molecule has 1 aliphatic carbocycles. The number of carbonyl (C=O) groups is 1. The van der Waals surface area contributed by atoms with Crippen LogP contribution in [0.25, 0.3) is 0 Å². The van der Waals surface area contributed by atoms with Crippen LogP contribution in [-0.2, 0) is 19.0 Å².